The zero-order valence-electron chi connectivity index (χ0n) is 22.1. The molecule has 2 atom stereocenters. The van der Waals surface area contributed by atoms with Crippen molar-refractivity contribution in [3.05, 3.63) is 114 Å². The van der Waals surface area contributed by atoms with E-state index in [9.17, 15) is 14.7 Å². The summed E-state index contributed by atoms with van der Waals surface area (Å²) in [5.74, 6) is 0.470. The van der Waals surface area contributed by atoms with Crippen LogP contribution in [0.4, 0.5) is 0 Å². The van der Waals surface area contributed by atoms with Crippen LogP contribution in [0.15, 0.2) is 97.1 Å². The van der Waals surface area contributed by atoms with Crippen LogP contribution < -0.4 is 9.47 Å². The Morgan fingerprint density at radius 2 is 1.85 bits per heavy atom. The Kier molecular flexibility index (Phi) is 6.82. The molecule has 0 aliphatic carbocycles. The van der Waals surface area contributed by atoms with Crippen LogP contribution in [0.5, 0.6) is 17.2 Å². The maximum atomic E-state index is 13.5. The van der Waals surface area contributed by atoms with Crippen LogP contribution in [0.3, 0.4) is 0 Å². The zero-order valence-corrected chi connectivity index (χ0v) is 22.1. The van der Waals surface area contributed by atoms with Gasteiger partial charge >= 0.3 is 0 Å². The molecule has 8 nitrogen and oxygen atoms in total. The summed E-state index contributed by atoms with van der Waals surface area (Å²) in [6.45, 7) is 2.94. The summed E-state index contributed by atoms with van der Waals surface area (Å²) in [7, 11) is 0. The van der Waals surface area contributed by atoms with Gasteiger partial charge in [-0.25, -0.2) is 4.98 Å². The summed E-state index contributed by atoms with van der Waals surface area (Å²) in [5, 5.41) is 11.5. The van der Waals surface area contributed by atoms with Gasteiger partial charge in [-0.1, -0.05) is 30.3 Å². The predicted molar refractivity (Wildman–Crippen MR) is 149 cm³/mol. The normalized spacial score (nSPS) is 19.5. The Bertz CT molecular complexity index is 1580. The largest absolute Gasteiger partial charge is 0.507 e. The Morgan fingerprint density at radius 3 is 2.65 bits per heavy atom. The smallest absolute Gasteiger partial charge is 0.295 e. The van der Waals surface area contributed by atoms with Crippen molar-refractivity contribution in [2.75, 3.05) is 6.54 Å². The van der Waals surface area contributed by atoms with Crippen molar-refractivity contribution in [2.24, 2.45) is 0 Å². The minimum absolute atomic E-state index is 0.0424. The van der Waals surface area contributed by atoms with E-state index in [0.29, 0.717) is 48.6 Å². The van der Waals surface area contributed by atoms with E-state index in [1.165, 1.54) is 0 Å². The number of benzene rings is 3. The van der Waals surface area contributed by atoms with Gasteiger partial charge in [-0.05, 0) is 66.9 Å². The average molecular weight is 536 g/mol. The number of likely N-dealkylation sites (tertiary alicyclic amines) is 1. The van der Waals surface area contributed by atoms with E-state index >= 15 is 0 Å². The molecule has 2 aliphatic heterocycles. The second-order valence-electron chi connectivity index (χ2n) is 10.1. The number of amides is 1. The molecule has 2 aliphatic rings. The first-order valence-corrected chi connectivity index (χ1v) is 13.3. The first kappa shape index (κ1) is 25.4. The summed E-state index contributed by atoms with van der Waals surface area (Å²) in [5.41, 5.74) is 2.18. The lowest BCUT2D eigenvalue weighted by Gasteiger charge is -2.26. The average Bonchev–Trinajstić information content (AvgIpc) is 3.67. The molecule has 1 aromatic heterocycles. The number of ether oxygens (including phenoxy) is 2. The first-order chi connectivity index (χ1) is 19.5. The van der Waals surface area contributed by atoms with Gasteiger partial charge in [-0.15, -0.1) is 0 Å². The van der Waals surface area contributed by atoms with E-state index in [2.05, 4.69) is 4.98 Å². The van der Waals surface area contributed by atoms with Crippen LogP contribution in [-0.2, 0) is 22.6 Å². The molecule has 202 valence electrons. The second-order valence-corrected chi connectivity index (χ2v) is 10.1. The Hall–Kier alpha value is -4.85. The van der Waals surface area contributed by atoms with Crippen molar-refractivity contribution in [1.82, 2.24) is 14.5 Å². The minimum Gasteiger partial charge on any atom is -0.507 e. The van der Waals surface area contributed by atoms with Crippen molar-refractivity contribution in [3.8, 4) is 17.2 Å². The highest BCUT2D eigenvalue weighted by Gasteiger charge is 2.46. The van der Waals surface area contributed by atoms with Gasteiger partial charge in [0.05, 0.1) is 17.9 Å². The van der Waals surface area contributed by atoms with Crippen LogP contribution >= 0.6 is 0 Å². The number of aromatic nitrogens is 2. The van der Waals surface area contributed by atoms with Crippen LogP contribution in [0.1, 0.15) is 36.1 Å². The molecule has 0 bridgehead atoms. The molecular formula is C32H29N3O5. The molecule has 3 heterocycles. The Morgan fingerprint density at radius 1 is 1.02 bits per heavy atom. The summed E-state index contributed by atoms with van der Waals surface area (Å²) < 4.78 is 13.8. The van der Waals surface area contributed by atoms with Crippen molar-refractivity contribution >= 4 is 17.4 Å². The van der Waals surface area contributed by atoms with Gasteiger partial charge in [-0.3, -0.25) is 9.59 Å². The highest BCUT2D eigenvalue weighted by molar-refractivity contribution is 6.46. The number of nitrogens with zero attached hydrogens (tertiary/aromatic N) is 3. The summed E-state index contributed by atoms with van der Waals surface area (Å²) in [4.78, 5) is 32.5. The molecule has 1 fully saturated rings. The first-order valence-electron chi connectivity index (χ1n) is 13.3. The number of imidazole rings is 1. The van der Waals surface area contributed by atoms with Crippen LogP contribution in [0, 0.1) is 0 Å². The molecule has 0 radical (unpaired) electrons. The van der Waals surface area contributed by atoms with Crippen LogP contribution in [0.25, 0.3) is 5.76 Å². The summed E-state index contributed by atoms with van der Waals surface area (Å²) >= 11 is 0. The van der Waals surface area contributed by atoms with Crippen molar-refractivity contribution in [1.29, 1.82) is 0 Å². The fourth-order valence-electron chi connectivity index (χ4n) is 5.40. The van der Waals surface area contributed by atoms with Crippen molar-refractivity contribution in [3.63, 3.8) is 0 Å². The molecule has 0 unspecified atom stereocenters. The molecule has 8 heteroatoms. The van der Waals surface area contributed by atoms with Crippen LogP contribution in [-0.4, -0.2) is 43.9 Å². The number of hydrogen-bond donors (Lipinski definition) is 1. The zero-order chi connectivity index (χ0) is 27.6. The third kappa shape index (κ3) is 4.96. The molecule has 4 aromatic rings. The van der Waals surface area contributed by atoms with E-state index in [1.807, 2.05) is 78.4 Å². The third-order valence-electron chi connectivity index (χ3n) is 7.24. The number of hydrogen-bond acceptors (Lipinski definition) is 6. The molecule has 6 rings (SSSR count). The summed E-state index contributed by atoms with van der Waals surface area (Å²) in [6, 6.07) is 21.3. The lowest BCUT2D eigenvalue weighted by atomic mass is 9.94. The lowest BCUT2D eigenvalue weighted by molar-refractivity contribution is -0.139. The molecule has 0 spiro atoms. The number of aliphatic hydroxyl groups is 1. The minimum atomic E-state index is -0.773. The third-order valence-corrected chi connectivity index (χ3v) is 7.24. The number of ketones is 1. The van der Waals surface area contributed by atoms with E-state index in [0.717, 1.165) is 11.3 Å². The van der Waals surface area contributed by atoms with Gasteiger partial charge < -0.3 is 24.0 Å². The highest BCUT2D eigenvalue weighted by atomic mass is 16.5. The molecule has 0 saturated carbocycles. The Labute approximate surface area is 232 Å². The maximum absolute atomic E-state index is 13.5. The second kappa shape index (κ2) is 10.7. The number of para-hydroxylation sites is 1. The molecule has 1 N–H and O–H groups in total. The topological polar surface area (TPSA) is 93.9 Å². The molecule has 1 saturated heterocycles. The number of rotatable bonds is 8. The van der Waals surface area contributed by atoms with Crippen molar-refractivity contribution in [2.45, 2.75) is 38.5 Å². The van der Waals surface area contributed by atoms with E-state index in [-0.39, 0.29) is 17.4 Å². The number of aliphatic hydroxyl groups excluding tert-OH is 1. The van der Waals surface area contributed by atoms with Gasteiger partial charge in [0.1, 0.15) is 29.1 Å². The summed E-state index contributed by atoms with van der Waals surface area (Å²) in [6.07, 6.45) is 6.63. The fourth-order valence-corrected chi connectivity index (χ4v) is 5.40. The van der Waals surface area contributed by atoms with Gasteiger partial charge in [0.15, 0.2) is 0 Å². The standard InChI is InChI=1S/C32H29N3O5/c1-21-17-24-18-23(11-12-27(24)39-21)30(36)28-29(22-7-5-10-26(19-22)40-25-8-3-2-4-9-25)35(32(38)31(28)37)15-6-14-34-16-13-33-20-34/h2-5,7-13,16,18-21,29,36H,6,14-15,17H2,1H3/t21-,29+/m0/s1. The number of carbonyl (C=O) groups is 2. The fraction of sp³-hybridized carbons (Fsp3) is 0.219. The van der Waals surface area contributed by atoms with Gasteiger partial charge in [-0.2, -0.15) is 0 Å². The highest BCUT2D eigenvalue weighted by Crippen LogP contribution is 2.41. The van der Waals surface area contributed by atoms with Crippen LogP contribution in [0.2, 0.25) is 0 Å². The van der Waals surface area contributed by atoms with E-state index in [4.69, 9.17) is 9.47 Å². The van der Waals surface area contributed by atoms with Gasteiger partial charge in [0.2, 0.25) is 0 Å². The predicted octanol–water partition coefficient (Wildman–Crippen LogP) is 5.51. The molecule has 40 heavy (non-hydrogen) atoms. The quantitative estimate of drug-likeness (QED) is 0.182. The molecule has 1 amide bonds. The lowest BCUT2D eigenvalue weighted by Crippen LogP contribution is -2.31. The Balaban J connectivity index is 1.38. The maximum Gasteiger partial charge on any atom is 0.295 e. The van der Waals surface area contributed by atoms with Gasteiger partial charge in [0.25, 0.3) is 11.7 Å². The molecular weight excluding hydrogens is 506 g/mol. The monoisotopic (exact) mass is 535 g/mol. The SMILES string of the molecule is C[C@H]1Cc2cc(C(O)=C3C(=O)C(=O)N(CCCn4ccnc4)[C@@H]3c3cccc(Oc4ccccc4)c3)ccc2O1. The number of aryl methyl sites for hydroxylation is 1. The number of carbonyl (C=O) groups excluding carboxylic acids is 2. The van der Waals surface area contributed by atoms with E-state index in [1.54, 1.807) is 29.6 Å². The van der Waals surface area contributed by atoms with Gasteiger partial charge in [0, 0.05) is 37.5 Å². The van der Waals surface area contributed by atoms with Crippen molar-refractivity contribution < 1.29 is 24.2 Å². The van der Waals surface area contributed by atoms with E-state index < -0.39 is 17.7 Å². The number of fused-ring (bicyclic) bond motifs is 1. The number of Topliss-reactive ketones (excluding diaryl/α,β-unsaturated/α-hetero) is 1. The molecule has 3 aromatic carbocycles.